The van der Waals surface area contributed by atoms with E-state index in [1.54, 1.807) is 0 Å². The van der Waals surface area contributed by atoms with E-state index in [0.29, 0.717) is 13.0 Å². The Labute approximate surface area is 98.6 Å². The maximum absolute atomic E-state index is 11.7. The quantitative estimate of drug-likeness (QED) is 0.772. The van der Waals surface area contributed by atoms with Crippen molar-refractivity contribution in [2.45, 2.75) is 59.0 Å². The van der Waals surface area contributed by atoms with Crippen molar-refractivity contribution >= 4 is 5.91 Å². The molecule has 1 aliphatic rings. The predicted molar refractivity (Wildman–Crippen MR) is 65.0 cm³/mol. The molecule has 16 heavy (non-hydrogen) atoms. The molecule has 1 amide bonds. The molecule has 94 valence electrons. The van der Waals surface area contributed by atoms with Crippen LogP contribution in [0.4, 0.5) is 0 Å². The predicted octanol–water partition coefficient (Wildman–Crippen LogP) is 2.09. The molecule has 1 aliphatic carbocycles. The SMILES string of the molecule is CC(C)(C)C(O)CCNC(=O)C1CCCC1. The van der Waals surface area contributed by atoms with Crippen LogP contribution in [0.25, 0.3) is 0 Å². The second kappa shape index (κ2) is 5.67. The molecular weight excluding hydrogens is 202 g/mol. The largest absolute Gasteiger partial charge is 0.393 e. The van der Waals surface area contributed by atoms with Crippen molar-refractivity contribution in [1.82, 2.24) is 5.32 Å². The molecule has 3 heteroatoms. The van der Waals surface area contributed by atoms with Gasteiger partial charge in [0.05, 0.1) is 6.10 Å². The minimum Gasteiger partial charge on any atom is -0.393 e. The molecule has 0 heterocycles. The molecule has 0 aromatic heterocycles. The zero-order valence-corrected chi connectivity index (χ0v) is 10.8. The minimum atomic E-state index is -0.351. The van der Waals surface area contributed by atoms with Gasteiger partial charge in [-0.1, -0.05) is 33.6 Å². The molecule has 0 aromatic rings. The van der Waals surface area contributed by atoms with Gasteiger partial charge < -0.3 is 10.4 Å². The molecule has 1 unspecified atom stereocenters. The molecule has 1 atom stereocenters. The van der Waals surface area contributed by atoms with E-state index < -0.39 is 0 Å². The Morgan fingerprint density at radius 1 is 1.38 bits per heavy atom. The summed E-state index contributed by atoms with van der Waals surface area (Å²) in [5.41, 5.74) is -0.0991. The molecule has 0 spiro atoms. The van der Waals surface area contributed by atoms with Gasteiger partial charge in [0.2, 0.25) is 5.91 Å². The van der Waals surface area contributed by atoms with E-state index in [1.807, 2.05) is 20.8 Å². The molecule has 3 nitrogen and oxygen atoms in total. The lowest BCUT2D eigenvalue weighted by Crippen LogP contribution is -2.34. The molecular formula is C13H25NO2. The van der Waals surface area contributed by atoms with Crippen molar-refractivity contribution in [2.24, 2.45) is 11.3 Å². The number of nitrogens with one attached hydrogen (secondary N) is 1. The summed E-state index contributed by atoms with van der Waals surface area (Å²) in [5.74, 6) is 0.408. The Hall–Kier alpha value is -0.570. The lowest BCUT2D eigenvalue weighted by Gasteiger charge is -2.26. The number of hydrogen-bond donors (Lipinski definition) is 2. The molecule has 0 aromatic carbocycles. The van der Waals surface area contributed by atoms with E-state index in [2.05, 4.69) is 5.32 Å². The van der Waals surface area contributed by atoms with Crippen LogP contribution in [0.1, 0.15) is 52.9 Å². The van der Waals surface area contributed by atoms with Crippen LogP contribution >= 0.6 is 0 Å². The van der Waals surface area contributed by atoms with Crippen molar-refractivity contribution in [3.05, 3.63) is 0 Å². The van der Waals surface area contributed by atoms with Crippen LogP contribution in [0.15, 0.2) is 0 Å². The van der Waals surface area contributed by atoms with Gasteiger partial charge in [0, 0.05) is 12.5 Å². The number of carbonyl (C=O) groups excluding carboxylic acids is 1. The van der Waals surface area contributed by atoms with Crippen molar-refractivity contribution < 1.29 is 9.90 Å². The highest BCUT2D eigenvalue weighted by atomic mass is 16.3. The maximum atomic E-state index is 11.7. The fourth-order valence-corrected chi connectivity index (χ4v) is 2.10. The van der Waals surface area contributed by atoms with Gasteiger partial charge >= 0.3 is 0 Å². The normalized spacial score (nSPS) is 19.8. The van der Waals surface area contributed by atoms with E-state index >= 15 is 0 Å². The fraction of sp³-hybridized carbons (Fsp3) is 0.923. The number of carbonyl (C=O) groups is 1. The molecule has 1 rings (SSSR count). The monoisotopic (exact) mass is 227 g/mol. The van der Waals surface area contributed by atoms with Crippen LogP contribution in [-0.4, -0.2) is 23.7 Å². The average molecular weight is 227 g/mol. The first-order valence-electron chi connectivity index (χ1n) is 6.37. The lowest BCUT2D eigenvalue weighted by molar-refractivity contribution is -0.124. The summed E-state index contributed by atoms with van der Waals surface area (Å²) in [7, 11) is 0. The zero-order valence-electron chi connectivity index (χ0n) is 10.8. The Kier molecular flexibility index (Phi) is 4.78. The van der Waals surface area contributed by atoms with Crippen LogP contribution < -0.4 is 5.32 Å². The smallest absolute Gasteiger partial charge is 0.223 e. The van der Waals surface area contributed by atoms with Crippen molar-refractivity contribution in [3.8, 4) is 0 Å². The highest BCUT2D eigenvalue weighted by Gasteiger charge is 2.24. The Morgan fingerprint density at radius 3 is 2.44 bits per heavy atom. The minimum absolute atomic E-state index is 0.0991. The van der Waals surface area contributed by atoms with Gasteiger partial charge in [0.1, 0.15) is 0 Å². The van der Waals surface area contributed by atoms with Crippen LogP contribution in [0.2, 0.25) is 0 Å². The molecule has 0 radical (unpaired) electrons. The number of aliphatic hydroxyl groups is 1. The molecule has 0 bridgehead atoms. The molecule has 2 N–H and O–H groups in total. The zero-order chi connectivity index (χ0) is 12.2. The first kappa shape index (κ1) is 13.5. The van der Waals surface area contributed by atoms with Gasteiger partial charge in [-0.3, -0.25) is 4.79 Å². The summed E-state index contributed by atoms with van der Waals surface area (Å²) in [6.07, 6.45) is 4.73. The number of rotatable bonds is 4. The second-order valence-corrected chi connectivity index (χ2v) is 5.94. The Bertz CT molecular complexity index is 227. The standard InChI is InChI=1S/C13H25NO2/c1-13(2,3)11(15)8-9-14-12(16)10-6-4-5-7-10/h10-11,15H,4-9H2,1-3H3,(H,14,16). The van der Waals surface area contributed by atoms with E-state index in [-0.39, 0.29) is 23.3 Å². The van der Waals surface area contributed by atoms with Gasteiger partial charge in [-0.15, -0.1) is 0 Å². The molecule has 0 saturated heterocycles. The summed E-state index contributed by atoms with van der Waals surface area (Å²) >= 11 is 0. The number of amides is 1. The van der Waals surface area contributed by atoms with E-state index in [4.69, 9.17) is 0 Å². The Balaban J connectivity index is 2.17. The summed E-state index contributed by atoms with van der Waals surface area (Å²) in [6, 6.07) is 0. The van der Waals surface area contributed by atoms with E-state index in [0.717, 1.165) is 12.8 Å². The highest BCUT2D eigenvalue weighted by molar-refractivity contribution is 5.78. The third-order valence-corrected chi connectivity index (χ3v) is 3.44. The van der Waals surface area contributed by atoms with Gasteiger partial charge in [0.15, 0.2) is 0 Å². The lowest BCUT2D eigenvalue weighted by atomic mass is 9.87. The van der Waals surface area contributed by atoms with E-state index in [9.17, 15) is 9.90 Å². The topological polar surface area (TPSA) is 49.3 Å². The summed E-state index contributed by atoms with van der Waals surface area (Å²) in [6.45, 7) is 6.62. The van der Waals surface area contributed by atoms with Gasteiger partial charge in [0.25, 0.3) is 0 Å². The van der Waals surface area contributed by atoms with Crippen LogP contribution in [0.5, 0.6) is 0 Å². The Morgan fingerprint density at radius 2 is 1.94 bits per heavy atom. The average Bonchev–Trinajstić information content (AvgIpc) is 2.68. The first-order chi connectivity index (χ1) is 7.41. The number of aliphatic hydroxyl groups excluding tert-OH is 1. The second-order valence-electron chi connectivity index (χ2n) is 5.94. The summed E-state index contributed by atoms with van der Waals surface area (Å²) in [5, 5.41) is 12.7. The molecule has 0 aliphatic heterocycles. The fourth-order valence-electron chi connectivity index (χ4n) is 2.10. The third-order valence-electron chi connectivity index (χ3n) is 3.44. The molecule has 1 fully saturated rings. The van der Waals surface area contributed by atoms with Crippen molar-refractivity contribution in [3.63, 3.8) is 0 Å². The highest BCUT2D eigenvalue weighted by Crippen LogP contribution is 2.25. The summed E-state index contributed by atoms with van der Waals surface area (Å²) < 4.78 is 0. The maximum Gasteiger partial charge on any atom is 0.223 e. The molecule has 1 saturated carbocycles. The van der Waals surface area contributed by atoms with Crippen LogP contribution in [0.3, 0.4) is 0 Å². The van der Waals surface area contributed by atoms with Gasteiger partial charge in [-0.2, -0.15) is 0 Å². The summed E-state index contributed by atoms with van der Waals surface area (Å²) in [4.78, 5) is 11.7. The van der Waals surface area contributed by atoms with Crippen LogP contribution in [-0.2, 0) is 4.79 Å². The van der Waals surface area contributed by atoms with Gasteiger partial charge in [-0.25, -0.2) is 0 Å². The van der Waals surface area contributed by atoms with Gasteiger partial charge in [-0.05, 0) is 24.7 Å². The van der Waals surface area contributed by atoms with E-state index in [1.165, 1.54) is 12.8 Å². The van der Waals surface area contributed by atoms with Crippen molar-refractivity contribution in [2.75, 3.05) is 6.54 Å². The van der Waals surface area contributed by atoms with Crippen molar-refractivity contribution in [1.29, 1.82) is 0 Å². The third kappa shape index (κ3) is 4.12. The van der Waals surface area contributed by atoms with Crippen LogP contribution in [0, 0.1) is 11.3 Å². The first-order valence-corrected chi connectivity index (χ1v) is 6.37. The number of hydrogen-bond acceptors (Lipinski definition) is 2.